The summed E-state index contributed by atoms with van der Waals surface area (Å²) < 4.78 is 1.79. The van der Waals surface area contributed by atoms with E-state index in [1.165, 1.54) is 0 Å². The van der Waals surface area contributed by atoms with Crippen LogP contribution in [0.25, 0.3) is 0 Å². The minimum Gasteiger partial charge on any atom is -0.321 e. The SMILES string of the molecule is CCc1nn(C)cc1Nc1nccc(C)n1. The number of anilines is 2. The Hall–Kier alpha value is -1.91. The Morgan fingerprint density at radius 2 is 2.25 bits per heavy atom. The zero-order valence-corrected chi connectivity index (χ0v) is 9.73. The maximum Gasteiger partial charge on any atom is 0.227 e. The van der Waals surface area contributed by atoms with Crippen molar-refractivity contribution in [2.24, 2.45) is 7.05 Å². The maximum absolute atomic E-state index is 4.35. The number of hydrogen-bond acceptors (Lipinski definition) is 4. The third-order valence-electron chi connectivity index (χ3n) is 2.28. The van der Waals surface area contributed by atoms with E-state index < -0.39 is 0 Å². The topological polar surface area (TPSA) is 55.6 Å². The molecule has 0 unspecified atom stereocenters. The van der Waals surface area contributed by atoms with E-state index in [-0.39, 0.29) is 0 Å². The summed E-state index contributed by atoms with van der Waals surface area (Å²) in [6.45, 7) is 4.02. The summed E-state index contributed by atoms with van der Waals surface area (Å²) in [5.74, 6) is 0.614. The van der Waals surface area contributed by atoms with E-state index in [4.69, 9.17) is 0 Å². The molecule has 0 saturated heterocycles. The standard InChI is InChI=1S/C11H15N5/c1-4-9-10(7-16(3)15-9)14-11-12-6-5-8(2)13-11/h5-7H,4H2,1-3H3,(H,12,13,14). The number of aromatic nitrogens is 4. The van der Waals surface area contributed by atoms with Crippen molar-refractivity contribution in [1.29, 1.82) is 0 Å². The fourth-order valence-corrected chi connectivity index (χ4v) is 1.53. The van der Waals surface area contributed by atoms with Gasteiger partial charge in [-0.15, -0.1) is 0 Å². The smallest absolute Gasteiger partial charge is 0.227 e. The van der Waals surface area contributed by atoms with Crippen LogP contribution in [-0.4, -0.2) is 19.7 Å². The van der Waals surface area contributed by atoms with Gasteiger partial charge in [-0.2, -0.15) is 5.10 Å². The predicted octanol–water partition coefficient (Wildman–Crippen LogP) is 1.82. The van der Waals surface area contributed by atoms with Gasteiger partial charge < -0.3 is 5.32 Å². The average Bonchev–Trinajstić information content (AvgIpc) is 2.59. The number of nitrogens with zero attached hydrogens (tertiary/aromatic N) is 4. The lowest BCUT2D eigenvalue weighted by molar-refractivity contribution is 0.746. The first-order chi connectivity index (χ1) is 7.69. The molecule has 0 aliphatic carbocycles. The Balaban J connectivity index is 2.26. The summed E-state index contributed by atoms with van der Waals surface area (Å²) in [5.41, 5.74) is 2.93. The van der Waals surface area contributed by atoms with Crippen LogP contribution in [0.2, 0.25) is 0 Å². The van der Waals surface area contributed by atoms with E-state index in [0.29, 0.717) is 5.95 Å². The lowest BCUT2D eigenvalue weighted by atomic mass is 10.3. The second-order valence-corrected chi connectivity index (χ2v) is 3.66. The van der Waals surface area contributed by atoms with Gasteiger partial charge in [0.1, 0.15) is 0 Å². The molecule has 0 aromatic carbocycles. The van der Waals surface area contributed by atoms with Gasteiger partial charge in [-0.1, -0.05) is 6.92 Å². The molecule has 1 N–H and O–H groups in total. The lowest BCUT2D eigenvalue weighted by Gasteiger charge is -2.03. The summed E-state index contributed by atoms with van der Waals surface area (Å²) in [5, 5.41) is 7.53. The van der Waals surface area contributed by atoms with Crippen LogP contribution in [0.5, 0.6) is 0 Å². The van der Waals surface area contributed by atoms with Crippen LogP contribution in [0.1, 0.15) is 18.3 Å². The zero-order valence-electron chi connectivity index (χ0n) is 9.73. The van der Waals surface area contributed by atoms with E-state index in [9.17, 15) is 0 Å². The van der Waals surface area contributed by atoms with Crippen LogP contribution < -0.4 is 5.32 Å². The van der Waals surface area contributed by atoms with Gasteiger partial charge in [0.15, 0.2) is 0 Å². The summed E-state index contributed by atoms with van der Waals surface area (Å²) in [6, 6.07) is 1.87. The largest absolute Gasteiger partial charge is 0.321 e. The molecule has 84 valence electrons. The molecule has 0 amide bonds. The van der Waals surface area contributed by atoms with Gasteiger partial charge in [0.2, 0.25) is 5.95 Å². The first kappa shape index (κ1) is 10.6. The maximum atomic E-state index is 4.35. The number of rotatable bonds is 3. The van der Waals surface area contributed by atoms with E-state index in [0.717, 1.165) is 23.5 Å². The predicted molar refractivity (Wildman–Crippen MR) is 62.6 cm³/mol. The van der Waals surface area contributed by atoms with Crippen LogP contribution in [0, 0.1) is 6.92 Å². The second-order valence-electron chi connectivity index (χ2n) is 3.66. The molecule has 2 heterocycles. The third-order valence-corrected chi connectivity index (χ3v) is 2.28. The number of nitrogens with one attached hydrogen (secondary N) is 1. The van der Waals surface area contributed by atoms with Crippen molar-refractivity contribution in [2.75, 3.05) is 5.32 Å². The molecule has 2 rings (SSSR count). The van der Waals surface area contributed by atoms with Gasteiger partial charge in [-0.05, 0) is 19.4 Å². The molecule has 0 aliphatic heterocycles. The molecule has 0 fully saturated rings. The van der Waals surface area contributed by atoms with E-state index in [1.807, 2.05) is 26.2 Å². The molecule has 0 spiro atoms. The van der Waals surface area contributed by atoms with Crippen LogP contribution in [0.15, 0.2) is 18.5 Å². The molecule has 0 bridgehead atoms. The van der Waals surface area contributed by atoms with Crippen molar-refractivity contribution in [3.05, 3.63) is 29.8 Å². The van der Waals surface area contributed by atoms with Gasteiger partial charge in [0.25, 0.3) is 0 Å². The summed E-state index contributed by atoms with van der Waals surface area (Å²) >= 11 is 0. The summed E-state index contributed by atoms with van der Waals surface area (Å²) in [6.07, 6.45) is 4.56. The third kappa shape index (κ3) is 2.18. The van der Waals surface area contributed by atoms with Gasteiger partial charge >= 0.3 is 0 Å². The average molecular weight is 217 g/mol. The Morgan fingerprint density at radius 1 is 1.44 bits per heavy atom. The second kappa shape index (κ2) is 4.30. The van der Waals surface area contributed by atoms with Crippen molar-refractivity contribution in [3.63, 3.8) is 0 Å². The molecular weight excluding hydrogens is 202 g/mol. The van der Waals surface area contributed by atoms with Gasteiger partial charge in [0, 0.05) is 25.1 Å². The zero-order chi connectivity index (χ0) is 11.5. The fourth-order valence-electron chi connectivity index (χ4n) is 1.53. The molecule has 2 aromatic rings. The van der Waals surface area contributed by atoms with Crippen LogP contribution in [0.4, 0.5) is 11.6 Å². The molecule has 0 radical (unpaired) electrons. The van der Waals surface area contributed by atoms with E-state index >= 15 is 0 Å². The highest BCUT2D eigenvalue weighted by atomic mass is 15.3. The Kier molecular flexibility index (Phi) is 2.85. The molecular formula is C11H15N5. The van der Waals surface area contributed by atoms with Gasteiger partial charge in [-0.25, -0.2) is 9.97 Å². The molecule has 5 heteroatoms. The highest BCUT2D eigenvalue weighted by Gasteiger charge is 2.06. The minimum absolute atomic E-state index is 0.614. The van der Waals surface area contributed by atoms with Crippen LogP contribution in [-0.2, 0) is 13.5 Å². The highest BCUT2D eigenvalue weighted by molar-refractivity contribution is 5.55. The van der Waals surface area contributed by atoms with Gasteiger partial charge in [0.05, 0.1) is 11.4 Å². The molecule has 16 heavy (non-hydrogen) atoms. The van der Waals surface area contributed by atoms with Crippen LogP contribution in [0.3, 0.4) is 0 Å². The molecule has 0 saturated carbocycles. The lowest BCUT2D eigenvalue weighted by Crippen LogP contribution is -1.98. The van der Waals surface area contributed by atoms with Gasteiger partial charge in [-0.3, -0.25) is 4.68 Å². The van der Waals surface area contributed by atoms with Crippen molar-refractivity contribution in [2.45, 2.75) is 20.3 Å². The van der Waals surface area contributed by atoms with Crippen molar-refractivity contribution in [3.8, 4) is 0 Å². The monoisotopic (exact) mass is 217 g/mol. The Labute approximate surface area is 94.5 Å². The fraction of sp³-hybridized carbons (Fsp3) is 0.364. The Bertz CT molecular complexity index is 489. The van der Waals surface area contributed by atoms with Crippen LogP contribution >= 0.6 is 0 Å². The number of hydrogen-bond donors (Lipinski definition) is 1. The van der Waals surface area contributed by atoms with Crippen molar-refractivity contribution in [1.82, 2.24) is 19.7 Å². The molecule has 5 nitrogen and oxygen atoms in total. The summed E-state index contributed by atoms with van der Waals surface area (Å²) in [7, 11) is 1.90. The first-order valence-corrected chi connectivity index (χ1v) is 5.28. The quantitative estimate of drug-likeness (QED) is 0.852. The molecule has 2 aromatic heterocycles. The molecule has 0 atom stereocenters. The van der Waals surface area contributed by atoms with Crippen molar-refractivity contribution < 1.29 is 0 Å². The minimum atomic E-state index is 0.614. The number of aryl methyl sites for hydroxylation is 3. The Morgan fingerprint density at radius 3 is 2.94 bits per heavy atom. The normalized spacial score (nSPS) is 10.4. The highest BCUT2D eigenvalue weighted by Crippen LogP contribution is 2.17. The molecule has 0 aliphatic rings. The van der Waals surface area contributed by atoms with E-state index in [2.05, 4.69) is 27.3 Å². The van der Waals surface area contributed by atoms with E-state index in [1.54, 1.807) is 10.9 Å². The van der Waals surface area contributed by atoms with Crippen molar-refractivity contribution >= 4 is 11.6 Å². The first-order valence-electron chi connectivity index (χ1n) is 5.28. The summed E-state index contributed by atoms with van der Waals surface area (Å²) in [4.78, 5) is 8.45.